The van der Waals surface area contributed by atoms with Crippen LogP contribution in [-0.4, -0.2) is 55.5 Å². The predicted octanol–water partition coefficient (Wildman–Crippen LogP) is 3.93. The Kier molecular flexibility index (Phi) is 6.09. The van der Waals surface area contributed by atoms with Gasteiger partial charge in [-0.15, -0.1) is 0 Å². The lowest BCUT2D eigenvalue weighted by molar-refractivity contribution is 0.247. The molecular formula is C21H32N2O2+2. The number of hydrogen-bond donors (Lipinski definition) is 0. The van der Waals surface area contributed by atoms with Gasteiger partial charge < -0.3 is 9.47 Å². The smallest absolute Gasteiger partial charge is 0.132 e. The molecule has 2 aromatic carbocycles. The Morgan fingerprint density at radius 2 is 0.880 bits per heavy atom. The standard InChI is InChI=1S/C21H32N2O2/c1-22(2,3)18-8-12-20(13-9-18)24-16-7-17-25-21-14-10-19(11-15-21)23(4,5)6/h8-15H,7,16-17H2,1-6H3/q+2. The van der Waals surface area contributed by atoms with Crippen molar-refractivity contribution in [2.75, 3.05) is 55.5 Å². The van der Waals surface area contributed by atoms with Gasteiger partial charge in [-0.05, 0) is 24.3 Å². The van der Waals surface area contributed by atoms with Crippen molar-refractivity contribution in [2.24, 2.45) is 0 Å². The predicted molar refractivity (Wildman–Crippen MR) is 108 cm³/mol. The normalized spacial score (nSPS) is 12.1. The molecule has 0 spiro atoms. The Labute approximate surface area is 152 Å². The zero-order valence-electron chi connectivity index (χ0n) is 16.5. The van der Waals surface area contributed by atoms with Crippen LogP contribution in [0, 0.1) is 0 Å². The van der Waals surface area contributed by atoms with E-state index in [2.05, 4.69) is 66.6 Å². The minimum Gasteiger partial charge on any atom is -0.493 e. The van der Waals surface area contributed by atoms with Gasteiger partial charge >= 0.3 is 0 Å². The van der Waals surface area contributed by atoms with Crippen molar-refractivity contribution < 1.29 is 9.47 Å². The molecule has 25 heavy (non-hydrogen) atoms. The van der Waals surface area contributed by atoms with Crippen LogP contribution in [0.4, 0.5) is 11.4 Å². The van der Waals surface area contributed by atoms with E-state index < -0.39 is 0 Å². The first-order valence-electron chi connectivity index (χ1n) is 8.76. The van der Waals surface area contributed by atoms with Crippen LogP contribution in [0.1, 0.15) is 6.42 Å². The van der Waals surface area contributed by atoms with Crippen LogP contribution < -0.4 is 18.4 Å². The molecule has 0 aromatic heterocycles. The van der Waals surface area contributed by atoms with E-state index in [0.717, 1.165) is 26.9 Å². The van der Waals surface area contributed by atoms with Crippen LogP contribution in [-0.2, 0) is 0 Å². The maximum atomic E-state index is 5.79. The molecule has 136 valence electrons. The maximum Gasteiger partial charge on any atom is 0.132 e. The first kappa shape index (κ1) is 19.3. The minimum atomic E-state index is 0.653. The van der Waals surface area contributed by atoms with Crippen molar-refractivity contribution in [2.45, 2.75) is 6.42 Å². The van der Waals surface area contributed by atoms with E-state index in [0.29, 0.717) is 13.2 Å². The molecule has 4 nitrogen and oxygen atoms in total. The number of ether oxygens (including phenoxy) is 2. The fraction of sp³-hybridized carbons (Fsp3) is 0.429. The van der Waals surface area contributed by atoms with Gasteiger partial charge in [-0.1, -0.05) is 0 Å². The van der Waals surface area contributed by atoms with Gasteiger partial charge in [0.1, 0.15) is 22.9 Å². The summed E-state index contributed by atoms with van der Waals surface area (Å²) in [5.41, 5.74) is 2.51. The molecule has 0 unspecified atom stereocenters. The number of benzene rings is 2. The van der Waals surface area contributed by atoms with E-state index in [4.69, 9.17) is 9.47 Å². The number of rotatable bonds is 8. The summed E-state index contributed by atoms with van der Waals surface area (Å²) in [5.74, 6) is 1.81. The van der Waals surface area contributed by atoms with E-state index in [-0.39, 0.29) is 0 Å². The van der Waals surface area contributed by atoms with Crippen molar-refractivity contribution >= 4 is 11.4 Å². The summed E-state index contributed by atoms with van der Waals surface area (Å²) in [6, 6.07) is 16.6. The zero-order chi connectivity index (χ0) is 18.5. The van der Waals surface area contributed by atoms with Gasteiger partial charge in [-0.2, -0.15) is 0 Å². The summed E-state index contributed by atoms with van der Waals surface area (Å²) < 4.78 is 13.2. The number of hydrogen-bond acceptors (Lipinski definition) is 2. The van der Waals surface area contributed by atoms with Crippen LogP contribution in [0.15, 0.2) is 48.5 Å². The first-order valence-corrected chi connectivity index (χ1v) is 8.76. The van der Waals surface area contributed by atoms with E-state index in [1.807, 2.05) is 24.3 Å². The largest absolute Gasteiger partial charge is 0.493 e. The molecule has 0 aliphatic carbocycles. The monoisotopic (exact) mass is 344 g/mol. The average Bonchev–Trinajstić information content (AvgIpc) is 2.54. The molecule has 0 amide bonds. The third-order valence-electron chi connectivity index (χ3n) is 4.05. The molecular weight excluding hydrogens is 312 g/mol. The Morgan fingerprint density at radius 3 is 1.16 bits per heavy atom. The molecule has 0 bridgehead atoms. The molecule has 0 fully saturated rings. The second-order valence-corrected chi connectivity index (χ2v) is 8.06. The fourth-order valence-corrected chi connectivity index (χ4v) is 2.42. The molecule has 4 heteroatoms. The minimum absolute atomic E-state index is 0.653. The summed E-state index contributed by atoms with van der Waals surface area (Å²) >= 11 is 0. The van der Waals surface area contributed by atoms with Gasteiger partial charge in [-0.25, -0.2) is 0 Å². The second-order valence-electron chi connectivity index (χ2n) is 8.06. The Balaban J connectivity index is 1.71. The zero-order valence-corrected chi connectivity index (χ0v) is 16.5. The molecule has 0 saturated heterocycles. The maximum absolute atomic E-state index is 5.79. The van der Waals surface area contributed by atoms with Gasteiger partial charge in [0, 0.05) is 30.7 Å². The summed E-state index contributed by atoms with van der Waals surface area (Å²) in [4.78, 5) is 0. The molecule has 0 aliphatic rings. The molecule has 2 aromatic rings. The Bertz CT molecular complexity index is 591. The highest BCUT2D eigenvalue weighted by molar-refractivity contribution is 5.45. The molecule has 0 N–H and O–H groups in total. The van der Waals surface area contributed by atoms with Crippen molar-refractivity contribution in [1.82, 2.24) is 8.97 Å². The lowest BCUT2D eigenvalue weighted by atomic mass is 10.2. The van der Waals surface area contributed by atoms with Gasteiger partial charge in [0.25, 0.3) is 0 Å². The third kappa shape index (κ3) is 6.07. The molecule has 0 atom stereocenters. The molecule has 0 heterocycles. The first-order chi connectivity index (χ1) is 11.7. The summed E-state index contributed by atoms with van der Waals surface area (Å²) in [5, 5.41) is 0. The van der Waals surface area contributed by atoms with Crippen LogP contribution in [0.2, 0.25) is 0 Å². The lowest BCUT2D eigenvalue weighted by Crippen LogP contribution is -2.34. The highest BCUT2D eigenvalue weighted by Crippen LogP contribution is 2.22. The van der Waals surface area contributed by atoms with Gasteiger partial charge in [0.15, 0.2) is 0 Å². The third-order valence-corrected chi connectivity index (χ3v) is 4.05. The van der Waals surface area contributed by atoms with Gasteiger partial charge in [0.2, 0.25) is 0 Å². The van der Waals surface area contributed by atoms with Crippen LogP contribution in [0.5, 0.6) is 11.5 Å². The van der Waals surface area contributed by atoms with Crippen molar-refractivity contribution in [3.05, 3.63) is 48.5 Å². The van der Waals surface area contributed by atoms with Crippen molar-refractivity contribution in [3.8, 4) is 11.5 Å². The van der Waals surface area contributed by atoms with E-state index in [9.17, 15) is 0 Å². The number of nitrogens with zero attached hydrogens (tertiary/aromatic N) is 2. The molecule has 2 rings (SSSR count). The highest BCUT2D eigenvalue weighted by Gasteiger charge is 2.12. The summed E-state index contributed by atoms with van der Waals surface area (Å²) in [6.45, 7) is 1.31. The quantitative estimate of drug-likeness (QED) is 0.534. The molecule has 0 saturated carbocycles. The average molecular weight is 344 g/mol. The van der Waals surface area contributed by atoms with Crippen LogP contribution >= 0.6 is 0 Å². The Morgan fingerprint density at radius 1 is 0.560 bits per heavy atom. The summed E-state index contributed by atoms with van der Waals surface area (Å²) in [7, 11) is 12.9. The van der Waals surface area contributed by atoms with Gasteiger partial charge in [-0.3, -0.25) is 8.97 Å². The van der Waals surface area contributed by atoms with Crippen molar-refractivity contribution in [1.29, 1.82) is 0 Å². The SMILES string of the molecule is C[N+](C)(C)c1ccc(OCCCOc2ccc([N+](C)(C)C)cc2)cc1. The van der Waals surface area contributed by atoms with E-state index in [1.165, 1.54) is 11.4 Å². The van der Waals surface area contributed by atoms with E-state index in [1.54, 1.807) is 0 Å². The second kappa shape index (κ2) is 7.89. The lowest BCUT2D eigenvalue weighted by Gasteiger charge is -2.23. The Hall–Kier alpha value is -2.04. The highest BCUT2D eigenvalue weighted by atomic mass is 16.5. The molecule has 0 radical (unpaired) electrons. The topological polar surface area (TPSA) is 18.5 Å². The molecule has 0 aliphatic heterocycles. The van der Waals surface area contributed by atoms with Gasteiger partial charge in [0.05, 0.1) is 55.5 Å². The van der Waals surface area contributed by atoms with Crippen LogP contribution in [0.25, 0.3) is 0 Å². The van der Waals surface area contributed by atoms with Crippen molar-refractivity contribution in [3.63, 3.8) is 0 Å². The fourth-order valence-electron chi connectivity index (χ4n) is 2.42. The van der Waals surface area contributed by atoms with E-state index >= 15 is 0 Å². The number of quaternary nitrogens is 2. The summed E-state index contributed by atoms with van der Waals surface area (Å²) in [6.07, 6.45) is 0.855. The van der Waals surface area contributed by atoms with Crippen LogP contribution in [0.3, 0.4) is 0 Å².